The summed E-state index contributed by atoms with van der Waals surface area (Å²) < 4.78 is 20.4. The van der Waals surface area contributed by atoms with Crippen molar-refractivity contribution in [2.75, 3.05) is 20.2 Å². The molecule has 0 amide bonds. The van der Waals surface area contributed by atoms with Gasteiger partial charge in [-0.05, 0) is 74.1 Å². The maximum Gasteiger partial charge on any atom is 0.166 e. The van der Waals surface area contributed by atoms with Crippen molar-refractivity contribution in [3.63, 3.8) is 0 Å². The quantitative estimate of drug-likeness (QED) is 0.421. The maximum absolute atomic E-state index is 12.4. The number of aliphatic hydroxyl groups is 1. The molecule has 2 saturated carbocycles. The molecule has 0 aromatic heterocycles. The molecule has 1 N–H and O–H groups in total. The van der Waals surface area contributed by atoms with Gasteiger partial charge < -0.3 is 19.3 Å². The van der Waals surface area contributed by atoms with Gasteiger partial charge in [0.25, 0.3) is 0 Å². The number of methoxy groups -OCH3 is 1. The number of benzene rings is 2. The van der Waals surface area contributed by atoms with E-state index in [2.05, 4.69) is 74.2 Å². The Kier molecular flexibility index (Phi) is 5.38. The van der Waals surface area contributed by atoms with Gasteiger partial charge in [-0.25, -0.2) is 0 Å². The van der Waals surface area contributed by atoms with E-state index in [9.17, 15) is 5.11 Å². The molecule has 41 heavy (non-hydrogen) atoms. The maximum atomic E-state index is 12.4. The highest BCUT2D eigenvalue weighted by Gasteiger charge is 2.81. The van der Waals surface area contributed by atoms with Crippen LogP contribution in [0.15, 0.2) is 54.6 Å². The zero-order valence-corrected chi connectivity index (χ0v) is 25.3. The van der Waals surface area contributed by atoms with Gasteiger partial charge in [0.15, 0.2) is 11.5 Å². The molecule has 7 aliphatic rings. The van der Waals surface area contributed by atoms with Crippen LogP contribution in [-0.2, 0) is 23.2 Å². The molecule has 2 spiro atoms. The first-order valence-corrected chi connectivity index (χ1v) is 15.8. The van der Waals surface area contributed by atoms with E-state index in [1.165, 1.54) is 30.5 Å². The summed E-state index contributed by atoms with van der Waals surface area (Å²) in [6.07, 6.45) is 10.3. The SMILES string of the molecule is CO[C@]12C=C[C@@]3(C[C@@H]1[C@](C)(O)C(C)(C)C)[C@H]1Cc4ccc(OCc5ccccc5)c5c4[C@@]3(CCN1CC1CC1)[C@H]2O5. The fourth-order valence-electron chi connectivity index (χ4n) is 9.78. The Morgan fingerprint density at radius 1 is 1.05 bits per heavy atom. The first kappa shape index (κ1) is 26.3. The Hall–Kier alpha value is -2.34. The lowest BCUT2D eigenvalue weighted by atomic mass is 9.35. The highest BCUT2D eigenvalue weighted by Crippen LogP contribution is 2.76. The van der Waals surface area contributed by atoms with Crippen LogP contribution in [0, 0.1) is 22.7 Å². The number of piperidine rings is 1. The molecule has 2 heterocycles. The normalized spacial score (nSPS) is 37.9. The first-order valence-electron chi connectivity index (χ1n) is 15.8. The Bertz CT molecular complexity index is 1410. The second kappa shape index (κ2) is 8.39. The van der Waals surface area contributed by atoms with Crippen LogP contribution >= 0.6 is 0 Å². The number of hydrogen-bond acceptors (Lipinski definition) is 5. The number of ether oxygens (including phenoxy) is 3. The molecule has 5 nitrogen and oxygen atoms in total. The number of hydrogen-bond donors (Lipinski definition) is 1. The lowest BCUT2D eigenvalue weighted by Crippen LogP contribution is -2.81. The predicted molar refractivity (Wildman–Crippen MR) is 159 cm³/mol. The van der Waals surface area contributed by atoms with Gasteiger partial charge in [-0.2, -0.15) is 0 Å². The van der Waals surface area contributed by atoms with E-state index in [1.807, 2.05) is 20.1 Å². The van der Waals surface area contributed by atoms with Crippen LogP contribution in [0.25, 0.3) is 0 Å². The van der Waals surface area contributed by atoms with Crippen molar-refractivity contribution in [2.24, 2.45) is 22.7 Å². The average molecular weight is 556 g/mol. The summed E-state index contributed by atoms with van der Waals surface area (Å²) in [6.45, 7) is 11.3. The minimum absolute atomic E-state index is 0.101. The summed E-state index contributed by atoms with van der Waals surface area (Å²) in [7, 11) is 1.83. The molecule has 2 aromatic rings. The molecule has 1 saturated heterocycles. The van der Waals surface area contributed by atoms with Crippen molar-refractivity contribution < 1.29 is 19.3 Å². The van der Waals surface area contributed by atoms with Crippen LogP contribution in [0.5, 0.6) is 11.5 Å². The van der Waals surface area contributed by atoms with Gasteiger partial charge in [0, 0.05) is 36.6 Å². The second-order valence-electron chi connectivity index (χ2n) is 15.2. The van der Waals surface area contributed by atoms with Gasteiger partial charge >= 0.3 is 0 Å². The van der Waals surface area contributed by atoms with E-state index in [0.717, 1.165) is 48.8 Å². The average Bonchev–Trinajstić information content (AvgIpc) is 3.70. The topological polar surface area (TPSA) is 51.2 Å². The summed E-state index contributed by atoms with van der Waals surface area (Å²) in [5, 5.41) is 12.4. The first-order chi connectivity index (χ1) is 19.6. The van der Waals surface area contributed by atoms with Crippen molar-refractivity contribution in [1.29, 1.82) is 0 Å². The number of nitrogens with zero attached hydrogens (tertiary/aromatic N) is 1. The standard InChI is InChI=1S/C36H45NO4/c1-32(2,3)33(4,38)27-20-34-15-16-36(27,39-5)31-35(34)17-18-37(21-23-11-12-23)28(34)19-25-13-14-26(30(41-31)29(25)35)40-22-24-9-7-6-8-10-24/h6-10,13-16,23,27-28,31,38H,11-12,17-22H2,1-5H3/t27-,28-,31-,33+,34-,35+,36-/m1/s1. The zero-order valence-electron chi connectivity index (χ0n) is 25.3. The van der Waals surface area contributed by atoms with Crippen molar-refractivity contribution >= 4 is 0 Å². The molecule has 5 aliphatic carbocycles. The Morgan fingerprint density at radius 3 is 2.54 bits per heavy atom. The molecule has 3 fully saturated rings. The molecule has 0 radical (unpaired) electrons. The largest absolute Gasteiger partial charge is 0.485 e. The van der Waals surface area contributed by atoms with Crippen LogP contribution in [0.4, 0.5) is 0 Å². The smallest absolute Gasteiger partial charge is 0.166 e. The van der Waals surface area contributed by atoms with Gasteiger partial charge in [-0.15, -0.1) is 0 Å². The van der Waals surface area contributed by atoms with Crippen LogP contribution in [0.2, 0.25) is 0 Å². The van der Waals surface area contributed by atoms with Crippen LogP contribution in [0.1, 0.15) is 70.1 Å². The monoisotopic (exact) mass is 555 g/mol. The van der Waals surface area contributed by atoms with Crippen molar-refractivity contribution in [3.05, 3.63) is 71.3 Å². The third-order valence-corrected chi connectivity index (χ3v) is 12.5. The molecular formula is C36H45NO4. The molecule has 0 unspecified atom stereocenters. The summed E-state index contributed by atoms with van der Waals surface area (Å²) >= 11 is 0. The van der Waals surface area contributed by atoms with E-state index in [0.29, 0.717) is 12.6 Å². The van der Waals surface area contributed by atoms with Crippen LogP contribution in [-0.4, -0.2) is 53.6 Å². The molecule has 4 bridgehead atoms. The number of fused-ring (bicyclic) bond motifs is 1. The fraction of sp³-hybridized carbons (Fsp3) is 0.611. The molecule has 2 aliphatic heterocycles. The zero-order chi connectivity index (χ0) is 28.4. The van der Waals surface area contributed by atoms with E-state index in [4.69, 9.17) is 14.2 Å². The van der Waals surface area contributed by atoms with Crippen molar-refractivity contribution in [1.82, 2.24) is 4.90 Å². The lowest BCUT2D eigenvalue weighted by molar-refractivity contribution is -0.263. The van der Waals surface area contributed by atoms with E-state index < -0.39 is 11.2 Å². The van der Waals surface area contributed by atoms with E-state index >= 15 is 0 Å². The third-order valence-electron chi connectivity index (χ3n) is 12.5. The minimum atomic E-state index is -0.955. The second-order valence-corrected chi connectivity index (χ2v) is 15.2. The molecule has 7 atom stereocenters. The van der Waals surface area contributed by atoms with Gasteiger partial charge in [0.05, 0.1) is 11.0 Å². The molecule has 5 heteroatoms. The molecule has 218 valence electrons. The summed E-state index contributed by atoms with van der Waals surface area (Å²) in [5.74, 6) is 2.48. The van der Waals surface area contributed by atoms with Gasteiger partial charge in [0.2, 0.25) is 0 Å². The van der Waals surface area contributed by atoms with Crippen molar-refractivity contribution in [2.45, 2.75) is 95.2 Å². The Balaban J connectivity index is 1.30. The van der Waals surface area contributed by atoms with Crippen LogP contribution < -0.4 is 9.47 Å². The van der Waals surface area contributed by atoms with Gasteiger partial charge in [-0.3, -0.25) is 4.90 Å². The van der Waals surface area contributed by atoms with Crippen LogP contribution in [0.3, 0.4) is 0 Å². The number of likely N-dealkylation sites (tertiary alicyclic amines) is 1. The molecular weight excluding hydrogens is 510 g/mol. The predicted octanol–water partition coefficient (Wildman–Crippen LogP) is 6.06. The van der Waals surface area contributed by atoms with Crippen molar-refractivity contribution in [3.8, 4) is 11.5 Å². The van der Waals surface area contributed by atoms with Gasteiger partial charge in [-0.1, -0.05) is 69.3 Å². The summed E-state index contributed by atoms with van der Waals surface area (Å²) in [6, 6.07) is 15.2. The minimum Gasteiger partial charge on any atom is -0.485 e. The summed E-state index contributed by atoms with van der Waals surface area (Å²) in [5.41, 5.74) is 1.61. The summed E-state index contributed by atoms with van der Waals surface area (Å²) in [4.78, 5) is 2.82. The molecule has 2 aromatic carbocycles. The highest BCUT2D eigenvalue weighted by molar-refractivity contribution is 5.65. The Labute approximate surface area is 244 Å². The Morgan fingerprint density at radius 2 is 1.83 bits per heavy atom. The van der Waals surface area contributed by atoms with E-state index in [-0.39, 0.29) is 28.3 Å². The third kappa shape index (κ3) is 3.24. The lowest BCUT2D eigenvalue weighted by Gasteiger charge is -2.73. The highest BCUT2D eigenvalue weighted by atomic mass is 16.6. The number of rotatable bonds is 7. The fourth-order valence-corrected chi connectivity index (χ4v) is 9.78. The molecule has 9 rings (SSSR count). The van der Waals surface area contributed by atoms with Gasteiger partial charge in [0.1, 0.15) is 18.3 Å². The van der Waals surface area contributed by atoms with E-state index in [1.54, 1.807) is 0 Å².